The number of aryl methyl sites for hydroxylation is 1. The van der Waals surface area contributed by atoms with Crippen molar-refractivity contribution in [2.45, 2.75) is 31.6 Å². The van der Waals surface area contributed by atoms with Crippen LogP contribution in [-0.4, -0.2) is 16.0 Å². The van der Waals surface area contributed by atoms with E-state index in [1.807, 2.05) is 0 Å². The van der Waals surface area contributed by atoms with E-state index in [0.29, 0.717) is 16.0 Å². The maximum Gasteiger partial charge on any atom is 0.303 e. The number of nitrogens with zero attached hydrogens (tertiary/aromatic N) is 1. The van der Waals surface area contributed by atoms with E-state index in [-0.39, 0.29) is 18.5 Å². The van der Waals surface area contributed by atoms with Crippen molar-refractivity contribution in [1.29, 1.82) is 0 Å². The summed E-state index contributed by atoms with van der Waals surface area (Å²) in [5, 5.41) is 19.5. The number of benzene rings is 1. The SMILES string of the molecule is Cc1cc([N+](=O)[O-])c(CCC(=O)O)c(C)c1S. The Kier molecular flexibility index (Phi) is 4.11. The van der Waals surface area contributed by atoms with E-state index in [1.54, 1.807) is 13.8 Å². The summed E-state index contributed by atoms with van der Waals surface area (Å²) in [6.45, 7) is 3.46. The summed E-state index contributed by atoms with van der Waals surface area (Å²) in [7, 11) is 0. The molecule has 0 heterocycles. The second kappa shape index (κ2) is 5.18. The van der Waals surface area contributed by atoms with Gasteiger partial charge in [0.25, 0.3) is 5.69 Å². The predicted molar refractivity (Wildman–Crippen MR) is 65.8 cm³/mol. The van der Waals surface area contributed by atoms with Gasteiger partial charge in [-0.2, -0.15) is 0 Å². The van der Waals surface area contributed by atoms with Gasteiger partial charge in [-0.05, 0) is 31.4 Å². The maximum absolute atomic E-state index is 10.9. The monoisotopic (exact) mass is 255 g/mol. The van der Waals surface area contributed by atoms with Crippen LogP contribution in [0.25, 0.3) is 0 Å². The van der Waals surface area contributed by atoms with Crippen LogP contribution in [0.5, 0.6) is 0 Å². The lowest BCUT2D eigenvalue weighted by atomic mass is 9.99. The topological polar surface area (TPSA) is 80.4 Å². The van der Waals surface area contributed by atoms with Crippen LogP contribution in [0.4, 0.5) is 5.69 Å². The molecular formula is C11H13NO4S. The molecule has 92 valence electrons. The summed E-state index contributed by atoms with van der Waals surface area (Å²) >= 11 is 4.27. The first kappa shape index (κ1) is 13.5. The minimum absolute atomic E-state index is 0.0287. The fourth-order valence-corrected chi connectivity index (χ4v) is 1.90. The summed E-state index contributed by atoms with van der Waals surface area (Å²) in [4.78, 5) is 21.6. The van der Waals surface area contributed by atoms with Crippen molar-refractivity contribution in [3.8, 4) is 0 Å². The Hall–Kier alpha value is -1.56. The standard InChI is InChI=1S/C11H13NO4S/c1-6-5-9(12(15)16)8(3-4-10(13)14)7(2)11(6)17/h5,17H,3-4H2,1-2H3,(H,13,14). The Bertz CT molecular complexity index is 485. The van der Waals surface area contributed by atoms with Gasteiger partial charge in [-0.1, -0.05) is 0 Å². The highest BCUT2D eigenvalue weighted by atomic mass is 32.1. The zero-order chi connectivity index (χ0) is 13.2. The van der Waals surface area contributed by atoms with Gasteiger partial charge in [0, 0.05) is 22.9 Å². The molecule has 0 saturated heterocycles. The van der Waals surface area contributed by atoms with E-state index in [0.717, 1.165) is 5.56 Å². The molecule has 0 atom stereocenters. The highest BCUT2D eigenvalue weighted by molar-refractivity contribution is 7.80. The average molecular weight is 255 g/mol. The van der Waals surface area contributed by atoms with Gasteiger partial charge < -0.3 is 5.11 Å². The fraction of sp³-hybridized carbons (Fsp3) is 0.364. The van der Waals surface area contributed by atoms with E-state index in [2.05, 4.69) is 12.6 Å². The van der Waals surface area contributed by atoms with Crippen LogP contribution in [0.3, 0.4) is 0 Å². The van der Waals surface area contributed by atoms with Gasteiger partial charge >= 0.3 is 5.97 Å². The zero-order valence-electron chi connectivity index (χ0n) is 9.56. The second-order valence-corrected chi connectivity index (χ2v) is 4.26. The van der Waals surface area contributed by atoms with Crippen LogP contribution in [0.15, 0.2) is 11.0 Å². The number of carboxylic acid groups (broad SMARTS) is 1. The van der Waals surface area contributed by atoms with Gasteiger partial charge in [0.05, 0.1) is 4.92 Å². The predicted octanol–water partition coefficient (Wildman–Crippen LogP) is 2.52. The van der Waals surface area contributed by atoms with Crippen molar-refractivity contribution in [1.82, 2.24) is 0 Å². The lowest BCUT2D eigenvalue weighted by molar-refractivity contribution is -0.385. The molecule has 1 rings (SSSR count). The Morgan fingerprint density at radius 3 is 2.59 bits per heavy atom. The van der Waals surface area contributed by atoms with Gasteiger partial charge in [0.2, 0.25) is 0 Å². The minimum Gasteiger partial charge on any atom is -0.481 e. The van der Waals surface area contributed by atoms with E-state index in [1.165, 1.54) is 6.07 Å². The minimum atomic E-state index is -0.972. The lowest BCUT2D eigenvalue weighted by Crippen LogP contribution is -2.04. The molecule has 1 aromatic rings. The smallest absolute Gasteiger partial charge is 0.303 e. The van der Waals surface area contributed by atoms with Crippen molar-refractivity contribution < 1.29 is 14.8 Å². The molecule has 0 amide bonds. The van der Waals surface area contributed by atoms with E-state index in [9.17, 15) is 14.9 Å². The number of hydrogen-bond donors (Lipinski definition) is 2. The number of carbonyl (C=O) groups is 1. The van der Waals surface area contributed by atoms with Crippen LogP contribution < -0.4 is 0 Å². The van der Waals surface area contributed by atoms with Gasteiger partial charge in [0.1, 0.15) is 0 Å². The van der Waals surface area contributed by atoms with Gasteiger partial charge in [-0.15, -0.1) is 12.6 Å². The average Bonchev–Trinajstić information content (AvgIpc) is 2.23. The molecule has 0 aromatic heterocycles. The summed E-state index contributed by atoms with van der Waals surface area (Å²) in [5.41, 5.74) is 1.82. The van der Waals surface area contributed by atoms with Crippen LogP contribution >= 0.6 is 12.6 Å². The maximum atomic E-state index is 10.9. The Morgan fingerprint density at radius 2 is 2.12 bits per heavy atom. The molecule has 5 nitrogen and oxygen atoms in total. The first-order valence-corrected chi connectivity index (χ1v) is 5.47. The van der Waals surface area contributed by atoms with Crippen LogP contribution in [0, 0.1) is 24.0 Å². The van der Waals surface area contributed by atoms with Gasteiger partial charge in [0.15, 0.2) is 0 Å². The highest BCUT2D eigenvalue weighted by Gasteiger charge is 2.20. The largest absolute Gasteiger partial charge is 0.481 e. The molecule has 1 aromatic carbocycles. The van der Waals surface area contributed by atoms with Crippen LogP contribution in [-0.2, 0) is 11.2 Å². The van der Waals surface area contributed by atoms with Crippen molar-refractivity contribution in [3.05, 3.63) is 32.9 Å². The number of hydrogen-bond acceptors (Lipinski definition) is 4. The number of nitro groups is 1. The molecule has 0 saturated carbocycles. The number of carboxylic acids is 1. The third kappa shape index (κ3) is 2.97. The molecule has 0 fully saturated rings. The number of nitro benzene ring substituents is 1. The lowest BCUT2D eigenvalue weighted by Gasteiger charge is -2.10. The normalized spacial score (nSPS) is 10.3. The summed E-state index contributed by atoms with van der Waals surface area (Å²) < 4.78 is 0. The third-order valence-corrected chi connectivity index (χ3v) is 3.32. The molecule has 0 radical (unpaired) electrons. The summed E-state index contributed by atoms with van der Waals surface area (Å²) in [6.07, 6.45) is 0.0171. The number of thiol groups is 1. The van der Waals surface area contributed by atoms with Crippen molar-refractivity contribution in [2.75, 3.05) is 0 Å². The van der Waals surface area contributed by atoms with E-state index >= 15 is 0 Å². The molecule has 0 aliphatic heterocycles. The summed E-state index contributed by atoms with van der Waals surface area (Å²) in [6, 6.07) is 1.44. The first-order chi connectivity index (χ1) is 7.84. The van der Waals surface area contributed by atoms with Gasteiger partial charge in [-0.3, -0.25) is 14.9 Å². The summed E-state index contributed by atoms with van der Waals surface area (Å²) in [5.74, 6) is -0.972. The highest BCUT2D eigenvalue weighted by Crippen LogP contribution is 2.31. The number of aliphatic carboxylic acids is 1. The molecule has 0 unspecified atom stereocenters. The second-order valence-electron chi connectivity index (χ2n) is 3.82. The molecule has 0 spiro atoms. The molecule has 0 bridgehead atoms. The zero-order valence-corrected chi connectivity index (χ0v) is 10.5. The van der Waals surface area contributed by atoms with E-state index < -0.39 is 10.9 Å². The van der Waals surface area contributed by atoms with Crippen molar-refractivity contribution >= 4 is 24.3 Å². The molecule has 1 N–H and O–H groups in total. The Morgan fingerprint density at radius 1 is 1.53 bits per heavy atom. The third-order valence-electron chi connectivity index (χ3n) is 2.63. The van der Waals surface area contributed by atoms with Crippen molar-refractivity contribution in [3.63, 3.8) is 0 Å². The van der Waals surface area contributed by atoms with Crippen LogP contribution in [0.2, 0.25) is 0 Å². The molecule has 0 aliphatic carbocycles. The van der Waals surface area contributed by atoms with Gasteiger partial charge in [-0.25, -0.2) is 0 Å². The molecular weight excluding hydrogens is 242 g/mol. The molecule has 17 heavy (non-hydrogen) atoms. The fourth-order valence-electron chi connectivity index (χ4n) is 1.70. The van der Waals surface area contributed by atoms with E-state index in [4.69, 9.17) is 5.11 Å². The Labute approximate surface area is 104 Å². The quantitative estimate of drug-likeness (QED) is 0.492. The molecule has 6 heteroatoms. The first-order valence-electron chi connectivity index (χ1n) is 5.02. The molecule has 0 aliphatic rings. The Balaban J connectivity index is 3.28. The number of rotatable bonds is 4. The van der Waals surface area contributed by atoms with Crippen LogP contribution in [0.1, 0.15) is 23.1 Å². The van der Waals surface area contributed by atoms with Crippen molar-refractivity contribution in [2.24, 2.45) is 0 Å².